The van der Waals surface area contributed by atoms with E-state index < -0.39 is 0 Å². The van der Waals surface area contributed by atoms with Gasteiger partial charge in [0.25, 0.3) is 0 Å². The summed E-state index contributed by atoms with van der Waals surface area (Å²) in [7, 11) is 1.66. The molecule has 0 bridgehead atoms. The monoisotopic (exact) mass is 235 g/mol. The molecule has 0 aliphatic carbocycles. The summed E-state index contributed by atoms with van der Waals surface area (Å²) in [5.74, 6) is 0.659. The molecule has 2 N–H and O–H groups in total. The molecule has 1 aromatic rings. The zero-order chi connectivity index (χ0) is 10.2. The lowest BCUT2D eigenvalue weighted by atomic mass is 10.7. The molecular formula is C7H13N3O2S2. The van der Waals surface area contributed by atoms with E-state index in [0.29, 0.717) is 12.4 Å². The molecule has 7 heteroatoms. The molecule has 0 spiro atoms. The zero-order valence-electron chi connectivity index (χ0n) is 7.89. The van der Waals surface area contributed by atoms with E-state index in [1.165, 1.54) is 23.1 Å². The van der Waals surface area contributed by atoms with E-state index in [2.05, 4.69) is 15.5 Å². The van der Waals surface area contributed by atoms with E-state index in [1.807, 2.05) is 0 Å². The quantitative estimate of drug-likeness (QED) is 0.535. The van der Waals surface area contributed by atoms with Gasteiger partial charge >= 0.3 is 0 Å². The zero-order valence-corrected chi connectivity index (χ0v) is 9.53. The van der Waals surface area contributed by atoms with Crippen LogP contribution >= 0.6 is 23.1 Å². The van der Waals surface area contributed by atoms with Gasteiger partial charge in [-0.2, -0.15) is 0 Å². The molecule has 14 heavy (non-hydrogen) atoms. The number of aromatic nitrogens is 2. The fraction of sp³-hybridized carbons (Fsp3) is 0.714. The van der Waals surface area contributed by atoms with Gasteiger partial charge in [0.05, 0.1) is 13.2 Å². The molecule has 0 amide bonds. The van der Waals surface area contributed by atoms with Gasteiger partial charge in [0.1, 0.15) is 0 Å². The van der Waals surface area contributed by atoms with Gasteiger partial charge in [0.2, 0.25) is 5.13 Å². The number of anilines is 1. The third-order valence-corrected chi connectivity index (χ3v) is 3.30. The molecule has 1 aromatic heterocycles. The Morgan fingerprint density at radius 1 is 1.57 bits per heavy atom. The molecule has 1 rings (SSSR count). The van der Waals surface area contributed by atoms with E-state index >= 15 is 0 Å². The van der Waals surface area contributed by atoms with Crippen molar-refractivity contribution < 1.29 is 9.84 Å². The number of nitrogens with one attached hydrogen (secondary N) is 1. The standard InChI is InChI=1S/C7H13N3O2S2/c1-12-4-2-8-6-9-10-7(14-6)13-5-3-11/h11H,2-5H2,1H3,(H,8,9). The molecule has 0 unspecified atom stereocenters. The second kappa shape index (κ2) is 6.99. The average Bonchev–Trinajstić information content (AvgIpc) is 2.63. The summed E-state index contributed by atoms with van der Waals surface area (Å²) in [6.07, 6.45) is 0. The van der Waals surface area contributed by atoms with Crippen LogP contribution in [0.2, 0.25) is 0 Å². The van der Waals surface area contributed by atoms with Crippen molar-refractivity contribution in [1.29, 1.82) is 0 Å². The maximum absolute atomic E-state index is 8.61. The first-order valence-electron chi connectivity index (χ1n) is 4.16. The third kappa shape index (κ3) is 4.23. The van der Waals surface area contributed by atoms with Crippen LogP contribution in [0, 0.1) is 0 Å². The van der Waals surface area contributed by atoms with E-state index in [9.17, 15) is 0 Å². The van der Waals surface area contributed by atoms with Crippen molar-refractivity contribution in [2.75, 3.05) is 37.9 Å². The Morgan fingerprint density at radius 2 is 2.43 bits per heavy atom. The fourth-order valence-electron chi connectivity index (χ4n) is 0.733. The lowest BCUT2D eigenvalue weighted by Gasteiger charge is -1.98. The summed E-state index contributed by atoms with van der Waals surface area (Å²) in [5, 5.41) is 20.4. The largest absolute Gasteiger partial charge is 0.396 e. The lowest BCUT2D eigenvalue weighted by Crippen LogP contribution is -2.06. The maximum atomic E-state index is 8.61. The third-order valence-electron chi connectivity index (χ3n) is 1.31. The number of ether oxygens (including phenoxy) is 1. The molecule has 0 radical (unpaired) electrons. The van der Waals surface area contributed by atoms with E-state index in [4.69, 9.17) is 9.84 Å². The molecule has 5 nitrogen and oxygen atoms in total. The minimum atomic E-state index is 0.163. The van der Waals surface area contributed by atoms with Crippen molar-refractivity contribution >= 4 is 28.2 Å². The molecule has 0 aliphatic heterocycles. The van der Waals surface area contributed by atoms with E-state index in [0.717, 1.165) is 16.0 Å². The van der Waals surface area contributed by atoms with Crippen LogP contribution in [-0.2, 0) is 4.74 Å². The van der Waals surface area contributed by atoms with Crippen LogP contribution in [0.25, 0.3) is 0 Å². The highest BCUT2D eigenvalue weighted by Crippen LogP contribution is 2.24. The number of aliphatic hydroxyl groups excluding tert-OH is 1. The predicted molar refractivity (Wildman–Crippen MR) is 58.1 cm³/mol. The van der Waals surface area contributed by atoms with Crippen molar-refractivity contribution in [3.05, 3.63) is 0 Å². The molecule has 0 aromatic carbocycles. The summed E-state index contributed by atoms with van der Waals surface area (Å²) in [5.41, 5.74) is 0. The van der Waals surface area contributed by atoms with Crippen LogP contribution in [0.15, 0.2) is 4.34 Å². The van der Waals surface area contributed by atoms with Crippen LogP contribution in [0.3, 0.4) is 0 Å². The first-order chi connectivity index (χ1) is 6.86. The normalized spacial score (nSPS) is 10.4. The number of thioether (sulfide) groups is 1. The number of hydrogen-bond acceptors (Lipinski definition) is 7. The highest BCUT2D eigenvalue weighted by Gasteiger charge is 2.02. The number of hydrogen-bond donors (Lipinski definition) is 2. The van der Waals surface area contributed by atoms with Gasteiger partial charge in [-0.3, -0.25) is 0 Å². The molecule has 80 valence electrons. The lowest BCUT2D eigenvalue weighted by molar-refractivity contribution is 0.211. The topological polar surface area (TPSA) is 67.3 Å². The summed E-state index contributed by atoms with van der Waals surface area (Å²) < 4.78 is 5.76. The van der Waals surface area contributed by atoms with Gasteiger partial charge in [-0.1, -0.05) is 23.1 Å². The Balaban J connectivity index is 2.27. The van der Waals surface area contributed by atoms with Crippen molar-refractivity contribution in [2.45, 2.75) is 4.34 Å². The van der Waals surface area contributed by atoms with Crippen LogP contribution in [-0.4, -0.2) is 47.9 Å². The van der Waals surface area contributed by atoms with Gasteiger partial charge in [-0.05, 0) is 0 Å². The van der Waals surface area contributed by atoms with Crippen molar-refractivity contribution in [3.63, 3.8) is 0 Å². The Hall–Kier alpha value is -0.370. The Labute approximate surface area is 90.9 Å². The number of aliphatic hydroxyl groups is 1. The molecule has 0 saturated carbocycles. The molecule has 0 saturated heterocycles. The van der Waals surface area contributed by atoms with Crippen molar-refractivity contribution in [1.82, 2.24) is 10.2 Å². The highest BCUT2D eigenvalue weighted by atomic mass is 32.2. The van der Waals surface area contributed by atoms with Crippen LogP contribution < -0.4 is 5.32 Å². The van der Waals surface area contributed by atoms with Gasteiger partial charge in [-0.15, -0.1) is 10.2 Å². The summed E-state index contributed by atoms with van der Waals surface area (Å²) in [6, 6.07) is 0. The molecule has 1 heterocycles. The van der Waals surface area contributed by atoms with Crippen molar-refractivity contribution in [2.24, 2.45) is 0 Å². The minimum Gasteiger partial charge on any atom is -0.396 e. The molecule has 0 aliphatic rings. The minimum absolute atomic E-state index is 0.163. The maximum Gasteiger partial charge on any atom is 0.206 e. The predicted octanol–water partition coefficient (Wildman–Crippen LogP) is 0.681. The van der Waals surface area contributed by atoms with Gasteiger partial charge in [-0.25, -0.2) is 0 Å². The Morgan fingerprint density at radius 3 is 3.14 bits per heavy atom. The Kier molecular flexibility index (Phi) is 5.85. The van der Waals surface area contributed by atoms with E-state index in [1.54, 1.807) is 7.11 Å². The average molecular weight is 235 g/mol. The molecule has 0 fully saturated rings. The fourth-order valence-corrected chi connectivity index (χ4v) is 2.32. The van der Waals surface area contributed by atoms with Crippen LogP contribution in [0.5, 0.6) is 0 Å². The van der Waals surface area contributed by atoms with Gasteiger partial charge < -0.3 is 15.2 Å². The van der Waals surface area contributed by atoms with Crippen LogP contribution in [0.4, 0.5) is 5.13 Å². The molecular weight excluding hydrogens is 222 g/mol. The van der Waals surface area contributed by atoms with Crippen molar-refractivity contribution in [3.8, 4) is 0 Å². The number of rotatable bonds is 7. The highest BCUT2D eigenvalue weighted by molar-refractivity contribution is 8.01. The summed E-state index contributed by atoms with van der Waals surface area (Å²) in [6.45, 7) is 1.55. The van der Waals surface area contributed by atoms with Gasteiger partial charge in [0, 0.05) is 19.4 Å². The number of nitrogens with zero attached hydrogens (tertiary/aromatic N) is 2. The summed E-state index contributed by atoms with van der Waals surface area (Å²) in [4.78, 5) is 0. The van der Waals surface area contributed by atoms with Crippen LogP contribution in [0.1, 0.15) is 0 Å². The van der Waals surface area contributed by atoms with Gasteiger partial charge in [0.15, 0.2) is 4.34 Å². The Bertz CT molecular complexity index is 257. The van der Waals surface area contributed by atoms with E-state index in [-0.39, 0.29) is 6.61 Å². The number of methoxy groups -OCH3 is 1. The summed E-state index contributed by atoms with van der Waals surface area (Å²) >= 11 is 2.99. The molecule has 0 atom stereocenters. The smallest absolute Gasteiger partial charge is 0.206 e. The SMILES string of the molecule is COCCNc1nnc(SCCO)s1. The second-order valence-electron chi connectivity index (χ2n) is 2.36. The first kappa shape index (κ1) is 11.7. The first-order valence-corrected chi connectivity index (χ1v) is 5.97. The second-order valence-corrected chi connectivity index (χ2v) is 4.68.